The normalized spacial score (nSPS) is 13.1. The van der Waals surface area contributed by atoms with Crippen LogP contribution in [0, 0.1) is 12.8 Å². The molecule has 0 aromatic heterocycles. The summed E-state index contributed by atoms with van der Waals surface area (Å²) in [4.78, 5) is 10.7. The summed E-state index contributed by atoms with van der Waals surface area (Å²) < 4.78 is 26.8. The number of carboxylic acids is 1. The number of aryl methyl sites for hydroxylation is 1. The SMILES string of the molecule is Cc1ccccc1S(=O)(=O)NCCC(C)CCC(=O)O. The molecule has 0 heterocycles. The lowest BCUT2D eigenvalue weighted by Crippen LogP contribution is -2.26. The fourth-order valence-corrected chi connectivity index (χ4v) is 3.18. The zero-order valence-electron chi connectivity index (χ0n) is 11.8. The fourth-order valence-electron chi connectivity index (χ4n) is 1.89. The van der Waals surface area contributed by atoms with Crippen molar-refractivity contribution in [1.82, 2.24) is 4.72 Å². The molecule has 0 radical (unpaired) electrons. The van der Waals surface area contributed by atoms with E-state index in [1.54, 1.807) is 31.2 Å². The highest BCUT2D eigenvalue weighted by atomic mass is 32.2. The summed E-state index contributed by atoms with van der Waals surface area (Å²) in [6, 6.07) is 6.81. The number of carbonyl (C=O) groups is 1. The van der Waals surface area contributed by atoms with E-state index in [2.05, 4.69) is 4.72 Å². The monoisotopic (exact) mass is 299 g/mol. The lowest BCUT2D eigenvalue weighted by Gasteiger charge is -2.12. The van der Waals surface area contributed by atoms with Crippen LogP contribution in [0.15, 0.2) is 29.2 Å². The van der Waals surface area contributed by atoms with Crippen molar-refractivity contribution < 1.29 is 18.3 Å². The van der Waals surface area contributed by atoms with Crippen molar-refractivity contribution in [3.05, 3.63) is 29.8 Å². The van der Waals surface area contributed by atoms with Gasteiger partial charge in [0.25, 0.3) is 0 Å². The fraction of sp³-hybridized carbons (Fsp3) is 0.500. The summed E-state index contributed by atoms with van der Waals surface area (Å²) in [5.41, 5.74) is 0.707. The maximum atomic E-state index is 12.1. The van der Waals surface area contributed by atoms with E-state index < -0.39 is 16.0 Å². The maximum absolute atomic E-state index is 12.1. The first-order valence-corrected chi connectivity index (χ1v) is 8.08. The Balaban J connectivity index is 2.49. The number of rotatable bonds is 8. The van der Waals surface area contributed by atoms with E-state index >= 15 is 0 Å². The Morgan fingerprint density at radius 1 is 1.30 bits per heavy atom. The van der Waals surface area contributed by atoms with Crippen LogP contribution >= 0.6 is 0 Å². The highest BCUT2D eigenvalue weighted by Gasteiger charge is 2.16. The molecule has 2 N–H and O–H groups in total. The molecule has 6 heteroatoms. The Bertz CT molecular complexity index is 554. The summed E-state index contributed by atoms with van der Waals surface area (Å²) in [5.74, 6) is -0.650. The molecule has 1 rings (SSSR count). The molecule has 0 amide bonds. The average Bonchev–Trinajstić information content (AvgIpc) is 2.36. The van der Waals surface area contributed by atoms with Crippen molar-refractivity contribution >= 4 is 16.0 Å². The van der Waals surface area contributed by atoms with Gasteiger partial charge < -0.3 is 5.11 Å². The second-order valence-electron chi connectivity index (χ2n) is 4.99. The molecule has 0 aliphatic rings. The van der Waals surface area contributed by atoms with Crippen molar-refractivity contribution in [2.24, 2.45) is 5.92 Å². The second-order valence-corrected chi connectivity index (χ2v) is 6.72. The summed E-state index contributed by atoms with van der Waals surface area (Å²) in [5, 5.41) is 8.58. The van der Waals surface area contributed by atoms with E-state index in [-0.39, 0.29) is 17.2 Å². The van der Waals surface area contributed by atoms with Crippen LogP contribution in [0.1, 0.15) is 31.7 Å². The number of nitrogens with one attached hydrogen (secondary N) is 1. The molecule has 0 saturated heterocycles. The molecular formula is C14H21NO4S. The van der Waals surface area contributed by atoms with Gasteiger partial charge in [-0.3, -0.25) is 4.79 Å². The molecule has 0 bridgehead atoms. The van der Waals surface area contributed by atoms with Crippen molar-refractivity contribution in [2.45, 2.75) is 38.0 Å². The van der Waals surface area contributed by atoms with Gasteiger partial charge in [-0.15, -0.1) is 0 Å². The zero-order valence-corrected chi connectivity index (χ0v) is 12.6. The standard InChI is InChI=1S/C14H21NO4S/c1-11(7-8-14(16)17)9-10-15-20(18,19)13-6-4-3-5-12(13)2/h3-6,11,15H,7-10H2,1-2H3,(H,16,17). The molecular weight excluding hydrogens is 278 g/mol. The Morgan fingerprint density at radius 2 is 1.95 bits per heavy atom. The van der Waals surface area contributed by atoms with Crippen LogP contribution in [0.3, 0.4) is 0 Å². The van der Waals surface area contributed by atoms with Crippen LogP contribution in [-0.2, 0) is 14.8 Å². The molecule has 0 spiro atoms. The summed E-state index contributed by atoms with van der Waals surface area (Å²) in [6.45, 7) is 3.99. The predicted molar refractivity (Wildman–Crippen MR) is 77.0 cm³/mol. The molecule has 1 aromatic carbocycles. The predicted octanol–water partition coefficient (Wildman–Crippen LogP) is 2.16. The molecule has 1 aromatic rings. The molecule has 0 aliphatic heterocycles. The van der Waals surface area contributed by atoms with E-state index in [0.29, 0.717) is 24.9 Å². The van der Waals surface area contributed by atoms with E-state index in [1.165, 1.54) is 0 Å². The van der Waals surface area contributed by atoms with Gasteiger partial charge in [-0.2, -0.15) is 0 Å². The van der Waals surface area contributed by atoms with Gasteiger partial charge >= 0.3 is 5.97 Å². The van der Waals surface area contributed by atoms with Gasteiger partial charge in [-0.05, 0) is 37.3 Å². The van der Waals surface area contributed by atoms with E-state index in [9.17, 15) is 13.2 Å². The van der Waals surface area contributed by atoms with Crippen LogP contribution in [0.2, 0.25) is 0 Å². The van der Waals surface area contributed by atoms with E-state index in [0.717, 1.165) is 0 Å². The smallest absolute Gasteiger partial charge is 0.303 e. The van der Waals surface area contributed by atoms with Crippen molar-refractivity contribution in [2.75, 3.05) is 6.54 Å². The quantitative estimate of drug-likeness (QED) is 0.770. The maximum Gasteiger partial charge on any atom is 0.303 e. The van der Waals surface area contributed by atoms with Gasteiger partial charge in [-0.25, -0.2) is 13.1 Å². The molecule has 1 unspecified atom stereocenters. The Kier molecular flexibility index (Phi) is 6.16. The molecule has 112 valence electrons. The highest BCUT2D eigenvalue weighted by Crippen LogP contribution is 2.14. The van der Waals surface area contributed by atoms with Gasteiger partial charge in [0.05, 0.1) is 4.90 Å². The first-order valence-electron chi connectivity index (χ1n) is 6.60. The second kappa shape index (κ2) is 7.40. The van der Waals surface area contributed by atoms with Gasteiger partial charge in [0.1, 0.15) is 0 Å². The van der Waals surface area contributed by atoms with Crippen molar-refractivity contribution in [3.8, 4) is 0 Å². The first-order chi connectivity index (χ1) is 9.33. The summed E-state index contributed by atoms with van der Waals surface area (Å²) >= 11 is 0. The number of sulfonamides is 1. The van der Waals surface area contributed by atoms with Gasteiger partial charge in [0, 0.05) is 13.0 Å². The van der Waals surface area contributed by atoms with Crippen LogP contribution in [0.5, 0.6) is 0 Å². The van der Waals surface area contributed by atoms with Crippen LogP contribution < -0.4 is 4.72 Å². The first kappa shape index (κ1) is 16.7. The van der Waals surface area contributed by atoms with Gasteiger partial charge in [-0.1, -0.05) is 25.1 Å². The van der Waals surface area contributed by atoms with Crippen molar-refractivity contribution in [3.63, 3.8) is 0 Å². The number of carboxylic acid groups (broad SMARTS) is 1. The van der Waals surface area contributed by atoms with Crippen molar-refractivity contribution in [1.29, 1.82) is 0 Å². The Hall–Kier alpha value is -1.40. The topological polar surface area (TPSA) is 83.5 Å². The third-order valence-corrected chi connectivity index (χ3v) is 4.78. The average molecular weight is 299 g/mol. The zero-order chi connectivity index (χ0) is 15.2. The lowest BCUT2D eigenvalue weighted by atomic mass is 10.0. The molecule has 0 aliphatic carbocycles. The van der Waals surface area contributed by atoms with Crippen LogP contribution in [0.25, 0.3) is 0 Å². The highest BCUT2D eigenvalue weighted by molar-refractivity contribution is 7.89. The van der Waals surface area contributed by atoms with E-state index in [1.807, 2.05) is 6.92 Å². The lowest BCUT2D eigenvalue weighted by molar-refractivity contribution is -0.137. The minimum atomic E-state index is -3.48. The molecule has 0 saturated carbocycles. The molecule has 0 fully saturated rings. The van der Waals surface area contributed by atoms with Gasteiger partial charge in [0.15, 0.2) is 0 Å². The largest absolute Gasteiger partial charge is 0.481 e. The number of hydrogen-bond acceptors (Lipinski definition) is 3. The van der Waals surface area contributed by atoms with Gasteiger partial charge in [0.2, 0.25) is 10.0 Å². The molecule has 1 atom stereocenters. The number of benzene rings is 1. The van der Waals surface area contributed by atoms with Crippen LogP contribution in [0.4, 0.5) is 0 Å². The minimum Gasteiger partial charge on any atom is -0.481 e. The number of aliphatic carboxylic acids is 1. The van der Waals surface area contributed by atoms with Crippen LogP contribution in [-0.4, -0.2) is 26.0 Å². The number of hydrogen-bond donors (Lipinski definition) is 2. The third-order valence-electron chi connectivity index (χ3n) is 3.16. The Labute approximate surface area is 120 Å². The molecule has 5 nitrogen and oxygen atoms in total. The third kappa shape index (κ3) is 5.30. The summed E-state index contributed by atoms with van der Waals surface area (Å²) in [7, 11) is -3.48. The molecule has 20 heavy (non-hydrogen) atoms. The Morgan fingerprint density at radius 3 is 2.55 bits per heavy atom. The summed E-state index contributed by atoms with van der Waals surface area (Å²) in [6.07, 6.45) is 1.30. The van der Waals surface area contributed by atoms with E-state index in [4.69, 9.17) is 5.11 Å². The minimum absolute atomic E-state index is 0.117.